The molecule has 2 nitrogen and oxygen atoms in total. The number of anilines is 1. The quantitative estimate of drug-likeness (QED) is 0.590. The lowest BCUT2D eigenvalue weighted by Crippen LogP contribution is -2.14. The van der Waals surface area contributed by atoms with E-state index in [0.29, 0.717) is 10.7 Å². The molecule has 1 aliphatic rings. The van der Waals surface area contributed by atoms with Gasteiger partial charge in [0.05, 0.1) is 10.7 Å². The third-order valence-electron chi connectivity index (χ3n) is 3.06. The summed E-state index contributed by atoms with van der Waals surface area (Å²) in [5.41, 5.74) is 7.50. The largest absolute Gasteiger partial charge is 0.398 e. The smallest absolute Gasteiger partial charge is 0.0638 e. The van der Waals surface area contributed by atoms with Crippen LogP contribution < -0.4 is 11.1 Å². The van der Waals surface area contributed by atoms with Gasteiger partial charge in [0.2, 0.25) is 0 Å². The van der Waals surface area contributed by atoms with Crippen molar-refractivity contribution in [3.05, 3.63) is 28.8 Å². The minimum atomic E-state index is 0.650. The molecule has 0 amide bonds. The van der Waals surface area contributed by atoms with E-state index in [-0.39, 0.29) is 0 Å². The van der Waals surface area contributed by atoms with Crippen molar-refractivity contribution in [1.29, 1.82) is 0 Å². The van der Waals surface area contributed by atoms with Gasteiger partial charge in [-0.05, 0) is 43.0 Å². The summed E-state index contributed by atoms with van der Waals surface area (Å²) in [6, 6.07) is 5.82. The van der Waals surface area contributed by atoms with Gasteiger partial charge >= 0.3 is 0 Å². The van der Waals surface area contributed by atoms with Crippen molar-refractivity contribution >= 4 is 17.3 Å². The summed E-state index contributed by atoms with van der Waals surface area (Å²) in [6.07, 6.45) is 5.57. The molecule has 1 aromatic rings. The molecule has 1 aromatic carbocycles. The fraction of sp³-hybridized carbons (Fsp3) is 0.538. The Kier molecular flexibility index (Phi) is 4.08. The summed E-state index contributed by atoms with van der Waals surface area (Å²) in [7, 11) is 0. The van der Waals surface area contributed by atoms with Crippen LogP contribution in [0.2, 0.25) is 5.02 Å². The van der Waals surface area contributed by atoms with E-state index < -0.39 is 0 Å². The molecular formula is C13H19ClN2. The zero-order chi connectivity index (χ0) is 11.4. The summed E-state index contributed by atoms with van der Waals surface area (Å²) in [5, 5.41) is 4.08. The third kappa shape index (κ3) is 3.69. The van der Waals surface area contributed by atoms with Gasteiger partial charge in [0, 0.05) is 6.54 Å². The van der Waals surface area contributed by atoms with E-state index in [1.54, 1.807) is 0 Å². The first-order valence-electron chi connectivity index (χ1n) is 6.00. The van der Waals surface area contributed by atoms with E-state index in [9.17, 15) is 0 Å². The van der Waals surface area contributed by atoms with Gasteiger partial charge in [-0.2, -0.15) is 0 Å². The molecule has 0 bridgehead atoms. The molecule has 0 saturated heterocycles. The molecule has 16 heavy (non-hydrogen) atoms. The average molecular weight is 239 g/mol. The fourth-order valence-electron chi connectivity index (χ4n) is 1.84. The predicted octanol–water partition coefficient (Wildman–Crippen LogP) is 3.20. The van der Waals surface area contributed by atoms with Crippen LogP contribution >= 0.6 is 11.6 Å². The van der Waals surface area contributed by atoms with Crippen LogP contribution in [0.25, 0.3) is 0 Å². The number of nitrogens with one attached hydrogen (secondary N) is 1. The predicted molar refractivity (Wildman–Crippen MR) is 69.5 cm³/mol. The molecular weight excluding hydrogens is 220 g/mol. The molecule has 0 heterocycles. The summed E-state index contributed by atoms with van der Waals surface area (Å²) in [5.74, 6) is 1.03. The van der Waals surface area contributed by atoms with Crippen LogP contribution in [-0.2, 0) is 6.54 Å². The van der Waals surface area contributed by atoms with Gasteiger partial charge in [-0.15, -0.1) is 0 Å². The number of nitrogens with two attached hydrogens (primary N) is 1. The molecule has 1 aliphatic carbocycles. The number of hydrogen-bond acceptors (Lipinski definition) is 2. The van der Waals surface area contributed by atoms with E-state index in [1.165, 1.54) is 31.2 Å². The van der Waals surface area contributed by atoms with Crippen molar-refractivity contribution in [3.8, 4) is 0 Å². The fourth-order valence-corrected chi connectivity index (χ4v) is 2.04. The maximum absolute atomic E-state index is 5.95. The SMILES string of the molecule is Nc1ccc(CNCCCC2CC2)cc1Cl. The maximum Gasteiger partial charge on any atom is 0.0638 e. The van der Waals surface area contributed by atoms with Gasteiger partial charge in [0.1, 0.15) is 0 Å². The van der Waals surface area contributed by atoms with E-state index >= 15 is 0 Å². The molecule has 0 aromatic heterocycles. The van der Waals surface area contributed by atoms with Crippen LogP contribution in [0, 0.1) is 5.92 Å². The topological polar surface area (TPSA) is 38.0 Å². The van der Waals surface area contributed by atoms with Crippen molar-refractivity contribution in [3.63, 3.8) is 0 Å². The molecule has 88 valence electrons. The molecule has 1 saturated carbocycles. The second-order valence-corrected chi connectivity index (χ2v) is 5.03. The Bertz CT molecular complexity index is 348. The second-order valence-electron chi connectivity index (χ2n) is 4.62. The highest BCUT2D eigenvalue weighted by Crippen LogP contribution is 2.33. The molecule has 0 unspecified atom stereocenters. The van der Waals surface area contributed by atoms with Crippen molar-refractivity contribution < 1.29 is 0 Å². The van der Waals surface area contributed by atoms with Crippen LogP contribution in [0.5, 0.6) is 0 Å². The van der Waals surface area contributed by atoms with Gasteiger partial charge in [0.25, 0.3) is 0 Å². The monoisotopic (exact) mass is 238 g/mol. The number of benzene rings is 1. The lowest BCUT2D eigenvalue weighted by molar-refractivity contribution is 0.594. The maximum atomic E-state index is 5.95. The molecule has 2 rings (SSSR count). The number of rotatable bonds is 6. The standard InChI is InChI=1S/C13H19ClN2/c14-12-8-11(5-6-13(12)15)9-16-7-1-2-10-3-4-10/h5-6,8,10,16H,1-4,7,9,15H2. The molecule has 3 heteroatoms. The summed E-state index contributed by atoms with van der Waals surface area (Å²) >= 11 is 5.95. The highest BCUT2D eigenvalue weighted by atomic mass is 35.5. The Morgan fingerprint density at radius 2 is 2.19 bits per heavy atom. The third-order valence-corrected chi connectivity index (χ3v) is 3.38. The summed E-state index contributed by atoms with van der Waals surface area (Å²) in [6.45, 7) is 1.98. The van der Waals surface area contributed by atoms with Crippen molar-refractivity contribution in [2.75, 3.05) is 12.3 Å². The minimum absolute atomic E-state index is 0.650. The number of hydrogen-bond donors (Lipinski definition) is 2. The van der Waals surface area contributed by atoms with Gasteiger partial charge in [-0.1, -0.05) is 30.5 Å². The first-order valence-corrected chi connectivity index (χ1v) is 6.38. The molecule has 0 radical (unpaired) electrons. The van der Waals surface area contributed by atoms with Crippen LogP contribution in [0.3, 0.4) is 0 Å². The molecule has 0 spiro atoms. The Morgan fingerprint density at radius 1 is 1.38 bits per heavy atom. The minimum Gasteiger partial charge on any atom is -0.398 e. The zero-order valence-electron chi connectivity index (χ0n) is 9.51. The average Bonchev–Trinajstić information content (AvgIpc) is 3.07. The first-order chi connectivity index (χ1) is 7.75. The highest BCUT2D eigenvalue weighted by Gasteiger charge is 2.19. The Balaban J connectivity index is 1.65. The van der Waals surface area contributed by atoms with Gasteiger partial charge in [-0.25, -0.2) is 0 Å². The summed E-state index contributed by atoms with van der Waals surface area (Å²) in [4.78, 5) is 0. The Morgan fingerprint density at radius 3 is 2.88 bits per heavy atom. The van der Waals surface area contributed by atoms with Gasteiger partial charge in [0.15, 0.2) is 0 Å². The van der Waals surface area contributed by atoms with Gasteiger partial charge in [-0.3, -0.25) is 0 Å². The number of nitrogen functional groups attached to an aromatic ring is 1. The van der Waals surface area contributed by atoms with E-state index in [1.807, 2.05) is 18.2 Å². The van der Waals surface area contributed by atoms with Crippen LogP contribution in [0.15, 0.2) is 18.2 Å². The molecule has 0 aliphatic heterocycles. The van der Waals surface area contributed by atoms with Crippen LogP contribution in [0.4, 0.5) is 5.69 Å². The van der Waals surface area contributed by atoms with E-state index in [4.69, 9.17) is 17.3 Å². The van der Waals surface area contributed by atoms with Crippen molar-refractivity contribution in [1.82, 2.24) is 5.32 Å². The van der Waals surface area contributed by atoms with Crippen LogP contribution in [0.1, 0.15) is 31.2 Å². The van der Waals surface area contributed by atoms with Crippen molar-refractivity contribution in [2.24, 2.45) is 5.92 Å². The first kappa shape index (κ1) is 11.7. The zero-order valence-corrected chi connectivity index (χ0v) is 10.3. The van der Waals surface area contributed by atoms with E-state index in [2.05, 4.69) is 5.32 Å². The van der Waals surface area contributed by atoms with E-state index in [0.717, 1.165) is 19.0 Å². The molecule has 1 fully saturated rings. The number of halogens is 1. The lowest BCUT2D eigenvalue weighted by atomic mass is 10.2. The van der Waals surface area contributed by atoms with Gasteiger partial charge < -0.3 is 11.1 Å². The highest BCUT2D eigenvalue weighted by molar-refractivity contribution is 6.33. The second kappa shape index (κ2) is 5.55. The Hall–Kier alpha value is -0.730. The Labute approximate surface area is 102 Å². The molecule has 0 atom stereocenters. The van der Waals surface area contributed by atoms with Crippen molar-refractivity contribution in [2.45, 2.75) is 32.2 Å². The lowest BCUT2D eigenvalue weighted by Gasteiger charge is -2.06. The normalized spacial score (nSPS) is 15.3. The molecule has 3 N–H and O–H groups in total. The van der Waals surface area contributed by atoms with Crippen LogP contribution in [-0.4, -0.2) is 6.54 Å². The summed E-state index contributed by atoms with van der Waals surface area (Å²) < 4.78 is 0.